The topological polar surface area (TPSA) is 26.3 Å². The molecule has 2 rings (SSSR count). The maximum Gasteiger partial charge on any atom is 0.310 e. The molecule has 2 nitrogen and oxygen atoms in total. The first kappa shape index (κ1) is 17.4. The van der Waals surface area contributed by atoms with Gasteiger partial charge >= 0.3 is 5.97 Å². The first-order valence-electron chi connectivity index (χ1n) is 7.67. The smallest absolute Gasteiger partial charge is 0.310 e. The van der Waals surface area contributed by atoms with Crippen LogP contribution in [-0.4, -0.2) is 18.8 Å². The van der Waals surface area contributed by atoms with Crippen LogP contribution >= 0.6 is 0 Å². The van der Waals surface area contributed by atoms with E-state index in [-0.39, 0.29) is 16.9 Å². The van der Waals surface area contributed by atoms with Gasteiger partial charge in [0.2, 0.25) is 0 Å². The first-order chi connectivity index (χ1) is 11.1. The molecule has 0 saturated heterocycles. The van der Waals surface area contributed by atoms with Gasteiger partial charge in [0.1, 0.15) is 11.2 Å². The van der Waals surface area contributed by atoms with E-state index in [4.69, 9.17) is 4.74 Å². The number of hydrogen-bond acceptors (Lipinski definition) is 2. The largest absolute Gasteiger partial charge is 0.469 e. The summed E-state index contributed by atoms with van der Waals surface area (Å²) in [4.78, 5) is 12.7. The molecule has 0 amide bonds. The van der Waals surface area contributed by atoms with E-state index >= 15 is 0 Å². The van der Waals surface area contributed by atoms with Gasteiger partial charge in [0.05, 0.1) is 24.4 Å². The lowest BCUT2D eigenvalue weighted by molar-refractivity contribution is -0.140. The number of ether oxygens (including phenoxy) is 1. The SMILES string of the molecule is COC(=O)CC[S+](/C=C/c1ccccc1C)c1ccc(C)cc1. The zero-order valence-corrected chi connectivity index (χ0v) is 14.7. The average molecular weight is 327 g/mol. The molecular weight excluding hydrogens is 304 g/mol. The quantitative estimate of drug-likeness (QED) is 0.576. The Kier molecular flexibility index (Phi) is 6.48. The summed E-state index contributed by atoms with van der Waals surface area (Å²) < 4.78 is 4.78. The maximum absolute atomic E-state index is 11.5. The first-order valence-corrected chi connectivity index (χ1v) is 9.13. The normalized spacial score (nSPS) is 12.3. The Labute approximate surface area is 141 Å². The number of aryl methyl sites for hydroxylation is 2. The van der Waals surface area contributed by atoms with Crippen molar-refractivity contribution >= 4 is 22.9 Å². The van der Waals surface area contributed by atoms with E-state index in [1.165, 1.54) is 28.7 Å². The molecule has 0 N–H and O–H groups in total. The fourth-order valence-corrected chi connectivity index (χ4v) is 3.91. The number of benzene rings is 2. The minimum atomic E-state index is -0.154. The molecule has 0 heterocycles. The van der Waals surface area contributed by atoms with Crippen LogP contribution in [0.3, 0.4) is 0 Å². The molecule has 3 heteroatoms. The van der Waals surface area contributed by atoms with Crippen molar-refractivity contribution in [2.75, 3.05) is 12.9 Å². The molecule has 1 atom stereocenters. The van der Waals surface area contributed by atoms with Crippen LogP contribution in [-0.2, 0) is 20.4 Å². The fourth-order valence-electron chi connectivity index (χ4n) is 2.20. The molecule has 0 spiro atoms. The summed E-state index contributed by atoms with van der Waals surface area (Å²) in [5.41, 5.74) is 3.72. The Hall–Kier alpha value is -2.00. The van der Waals surface area contributed by atoms with Gasteiger partial charge in [0.15, 0.2) is 4.90 Å². The Morgan fingerprint density at radius 1 is 1.09 bits per heavy atom. The van der Waals surface area contributed by atoms with Crippen molar-refractivity contribution in [3.05, 3.63) is 70.6 Å². The minimum Gasteiger partial charge on any atom is -0.469 e. The van der Waals surface area contributed by atoms with Gasteiger partial charge in [0, 0.05) is 0 Å². The average Bonchev–Trinajstić information content (AvgIpc) is 2.57. The van der Waals surface area contributed by atoms with Crippen LogP contribution < -0.4 is 0 Å². The summed E-state index contributed by atoms with van der Waals surface area (Å²) in [6.07, 6.45) is 2.60. The number of hydrogen-bond donors (Lipinski definition) is 0. The van der Waals surface area contributed by atoms with Crippen LogP contribution in [0.5, 0.6) is 0 Å². The third-order valence-electron chi connectivity index (χ3n) is 3.68. The van der Waals surface area contributed by atoms with E-state index in [9.17, 15) is 4.79 Å². The molecule has 0 bridgehead atoms. The van der Waals surface area contributed by atoms with E-state index in [0.29, 0.717) is 6.42 Å². The second-order valence-electron chi connectivity index (χ2n) is 5.43. The lowest BCUT2D eigenvalue weighted by Crippen LogP contribution is -2.11. The molecule has 2 aromatic rings. The molecule has 23 heavy (non-hydrogen) atoms. The van der Waals surface area contributed by atoms with Crippen molar-refractivity contribution in [2.24, 2.45) is 0 Å². The highest BCUT2D eigenvalue weighted by Crippen LogP contribution is 2.20. The number of methoxy groups -OCH3 is 1. The maximum atomic E-state index is 11.5. The van der Waals surface area contributed by atoms with E-state index in [0.717, 1.165) is 5.75 Å². The molecular formula is C20H23O2S+. The number of rotatable bonds is 6. The van der Waals surface area contributed by atoms with Crippen LogP contribution in [0.4, 0.5) is 0 Å². The number of carbonyl (C=O) groups is 1. The molecule has 1 unspecified atom stereocenters. The molecule has 120 valence electrons. The molecule has 0 radical (unpaired) electrons. The number of esters is 1. The Morgan fingerprint density at radius 2 is 1.78 bits per heavy atom. The van der Waals surface area contributed by atoms with E-state index in [1.54, 1.807) is 0 Å². The molecule has 2 aromatic carbocycles. The zero-order valence-electron chi connectivity index (χ0n) is 13.9. The predicted octanol–water partition coefficient (Wildman–Crippen LogP) is 4.51. The zero-order chi connectivity index (χ0) is 16.7. The monoisotopic (exact) mass is 327 g/mol. The van der Waals surface area contributed by atoms with Gasteiger partial charge in [0.25, 0.3) is 0 Å². The number of carbonyl (C=O) groups excluding carboxylic acids is 1. The van der Waals surface area contributed by atoms with Crippen LogP contribution in [0.1, 0.15) is 23.1 Å². The van der Waals surface area contributed by atoms with Crippen LogP contribution in [0, 0.1) is 13.8 Å². The van der Waals surface area contributed by atoms with Gasteiger partial charge in [-0.15, -0.1) is 0 Å². The molecule has 0 saturated carbocycles. The van der Waals surface area contributed by atoms with Gasteiger partial charge in [-0.05, 0) is 43.2 Å². The van der Waals surface area contributed by atoms with Gasteiger partial charge in [-0.1, -0.05) is 42.0 Å². The fraction of sp³-hybridized carbons (Fsp3) is 0.250. The van der Waals surface area contributed by atoms with E-state index in [1.807, 2.05) is 12.1 Å². The van der Waals surface area contributed by atoms with Gasteiger partial charge in [-0.2, -0.15) is 0 Å². The summed E-state index contributed by atoms with van der Waals surface area (Å²) >= 11 is 0. The highest BCUT2D eigenvalue weighted by atomic mass is 32.2. The van der Waals surface area contributed by atoms with Crippen LogP contribution in [0.25, 0.3) is 6.08 Å². The standard InChI is InChI=1S/C20H23O2S/c1-16-8-10-19(11-9-16)23(15-13-20(21)22-3)14-12-18-7-5-4-6-17(18)2/h4-12,14H,13,15H2,1-3H3/q+1/b14-12+. The van der Waals surface area contributed by atoms with Crippen molar-refractivity contribution in [1.82, 2.24) is 0 Å². The third kappa shape index (κ3) is 5.29. The van der Waals surface area contributed by atoms with Crippen molar-refractivity contribution in [1.29, 1.82) is 0 Å². The highest BCUT2D eigenvalue weighted by molar-refractivity contribution is 7.99. The van der Waals surface area contributed by atoms with Gasteiger partial charge < -0.3 is 4.74 Å². The van der Waals surface area contributed by atoms with Crippen molar-refractivity contribution in [2.45, 2.75) is 25.2 Å². The Bertz CT molecular complexity index is 674. The second kappa shape index (κ2) is 8.59. The van der Waals surface area contributed by atoms with E-state index < -0.39 is 0 Å². The lowest BCUT2D eigenvalue weighted by atomic mass is 10.1. The lowest BCUT2D eigenvalue weighted by Gasteiger charge is -2.05. The van der Waals surface area contributed by atoms with Gasteiger partial charge in [-0.3, -0.25) is 4.79 Å². The molecule has 0 aliphatic rings. The molecule has 0 aliphatic carbocycles. The van der Waals surface area contributed by atoms with E-state index in [2.05, 4.69) is 61.7 Å². The molecule has 0 aliphatic heterocycles. The molecule has 0 aromatic heterocycles. The summed E-state index contributed by atoms with van der Waals surface area (Å²) in [7, 11) is 1.33. The van der Waals surface area contributed by atoms with Crippen molar-refractivity contribution in [3.8, 4) is 0 Å². The highest BCUT2D eigenvalue weighted by Gasteiger charge is 2.20. The van der Waals surface area contributed by atoms with Crippen LogP contribution in [0.15, 0.2) is 58.8 Å². The third-order valence-corrected chi connectivity index (χ3v) is 5.66. The van der Waals surface area contributed by atoms with Crippen molar-refractivity contribution in [3.63, 3.8) is 0 Å². The predicted molar refractivity (Wildman–Crippen MR) is 98.5 cm³/mol. The van der Waals surface area contributed by atoms with Crippen LogP contribution in [0.2, 0.25) is 0 Å². The molecule has 0 fully saturated rings. The summed E-state index contributed by atoms with van der Waals surface area (Å²) in [6, 6.07) is 16.9. The second-order valence-corrected chi connectivity index (χ2v) is 7.44. The van der Waals surface area contributed by atoms with Gasteiger partial charge in [-0.25, -0.2) is 0 Å². The summed E-state index contributed by atoms with van der Waals surface area (Å²) in [5.74, 6) is 0.622. The van der Waals surface area contributed by atoms with Crippen molar-refractivity contribution < 1.29 is 9.53 Å². The summed E-state index contributed by atoms with van der Waals surface area (Å²) in [6.45, 7) is 4.19. The Morgan fingerprint density at radius 3 is 2.43 bits per heavy atom. The minimum absolute atomic E-state index is 0.108. The Balaban J connectivity index is 2.20. The summed E-state index contributed by atoms with van der Waals surface area (Å²) in [5, 5.41) is 2.22.